The van der Waals surface area contributed by atoms with Crippen LogP contribution in [-0.4, -0.2) is 25.9 Å². The Balaban J connectivity index is 2.53. The minimum absolute atomic E-state index is 0.254. The summed E-state index contributed by atoms with van der Waals surface area (Å²) >= 11 is 1.47. The van der Waals surface area contributed by atoms with E-state index < -0.39 is 5.97 Å². The fourth-order valence-corrected chi connectivity index (χ4v) is 2.71. The number of carbonyl (C=O) groups is 1. The first-order chi connectivity index (χ1) is 10.1. The van der Waals surface area contributed by atoms with Gasteiger partial charge in [-0.1, -0.05) is 23.9 Å². The van der Waals surface area contributed by atoms with Crippen LogP contribution in [0.4, 0.5) is 0 Å². The summed E-state index contributed by atoms with van der Waals surface area (Å²) in [6, 6.07) is 7.53. The highest BCUT2D eigenvalue weighted by Gasteiger charge is 2.24. The Hall–Kier alpha value is -1.88. The number of furan rings is 1. The highest BCUT2D eigenvalue weighted by molar-refractivity contribution is 7.98. The van der Waals surface area contributed by atoms with Crippen LogP contribution in [0.3, 0.4) is 0 Å². The van der Waals surface area contributed by atoms with Crippen LogP contribution in [-0.2, 0) is 4.74 Å². The van der Waals surface area contributed by atoms with Gasteiger partial charge in [-0.25, -0.2) is 4.79 Å². The van der Waals surface area contributed by atoms with E-state index in [4.69, 9.17) is 13.9 Å². The molecule has 1 aromatic carbocycles. The first kappa shape index (κ1) is 15.5. The quantitative estimate of drug-likeness (QED) is 0.613. The molecule has 0 amide bonds. The van der Waals surface area contributed by atoms with Crippen molar-refractivity contribution in [2.24, 2.45) is 0 Å². The van der Waals surface area contributed by atoms with Crippen molar-refractivity contribution in [2.75, 3.05) is 20.0 Å². The zero-order valence-corrected chi connectivity index (χ0v) is 13.4. The molecule has 0 aliphatic rings. The van der Waals surface area contributed by atoms with Gasteiger partial charge in [0.15, 0.2) is 5.09 Å². The Morgan fingerprint density at radius 1 is 1.29 bits per heavy atom. The Bertz CT molecular complexity index is 628. The molecule has 0 atom stereocenters. The topological polar surface area (TPSA) is 48.7 Å². The number of hydrogen-bond donors (Lipinski definition) is 0. The highest BCUT2D eigenvalue weighted by Crippen LogP contribution is 2.37. The first-order valence-corrected chi connectivity index (χ1v) is 7.83. The molecule has 2 rings (SSSR count). The van der Waals surface area contributed by atoms with Crippen molar-refractivity contribution in [1.29, 1.82) is 0 Å². The van der Waals surface area contributed by atoms with Gasteiger partial charge >= 0.3 is 5.97 Å². The summed E-state index contributed by atoms with van der Waals surface area (Å²) in [5.41, 5.74) is 2.62. The van der Waals surface area contributed by atoms with Crippen molar-refractivity contribution in [3.8, 4) is 16.9 Å². The van der Waals surface area contributed by atoms with Crippen LogP contribution in [0, 0.1) is 6.92 Å². The van der Waals surface area contributed by atoms with Gasteiger partial charge in [-0.3, -0.25) is 0 Å². The van der Waals surface area contributed by atoms with Crippen LogP contribution in [0.5, 0.6) is 5.75 Å². The van der Waals surface area contributed by atoms with Gasteiger partial charge < -0.3 is 13.9 Å². The second-order valence-corrected chi connectivity index (χ2v) is 5.15. The average Bonchev–Trinajstić information content (AvgIpc) is 2.84. The summed E-state index contributed by atoms with van der Waals surface area (Å²) in [6.45, 7) is 4.03. The van der Waals surface area contributed by atoms with E-state index >= 15 is 0 Å². The predicted octanol–water partition coefficient (Wildman–Crippen LogP) is 4.16. The number of hydrogen-bond acceptors (Lipinski definition) is 5. The maximum Gasteiger partial charge on any atom is 0.374 e. The minimum atomic E-state index is -0.438. The molecule has 0 radical (unpaired) electrons. The number of rotatable bonds is 5. The molecule has 2 aromatic rings. The van der Waals surface area contributed by atoms with Gasteiger partial charge in [0, 0.05) is 11.1 Å². The van der Waals surface area contributed by atoms with Crippen LogP contribution in [0.2, 0.25) is 0 Å². The Labute approximate surface area is 128 Å². The van der Waals surface area contributed by atoms with Gasteiger partial charge in [-0.2, -0.15) is 0 Å². The maximum atomic E-state index is 12.1. The van der Waals surface area contributed by atoms with E-state index in [-0.39, 0.29) is 5.76 Å². The number of benzene rings is 1. The van der Waals surface area contributed by atoms with Gasteiger partial charge in [0.2, 0.25) is 5.76 Å². The van der Waals surface area contributed by atoms with Crippen LogP contribution in [0.15, 0.2) is 33.8 Å². The largest absolute Gasteiger partial charge is 0.497 e. The van der Waals surface area contributed by atoms with Crippen molar-refractivity contribution in [1.82, 2.24) is 0 Å². The summed E-state index contributed by atoms with van der Waals surface area (Å²) in [6.07, 6.45) is 1.92. The molecule has 0 aliphatic heterocycles. The lowest BCUT2D eigenvalue weighted by Crippen LogP contribution is -2.04. The minimum Gasteiger partial charge on any atom is -0.497 e. The van der Waals surface area contributed by atoms with E-state index in [1.54, 1.807) is 14.0 Å². The smallest absolute Gasteiger partial charge is 0.374 e. The van der Waals surface area contributed by atoms with Crippen LogP contribution in [0.25, 0.3) is 11.1 Å². The molecule has 0 unspecified atom stereocenters. The Morgan fingerprint density at radius 3 is 2.48 bits per heavy atom. The van der Waals surface area contributed by atoms with Gasteiger partial charge in [0.25, 0.3) is 0 Å². The molecule has 4 nitrogen and oxygen atoms in total. The summed E-state index contributed by atoms with van der Waals surface area (Å²) in [7, 11) is 1.62. The molecule has 0 bridgehead atoms. The fraction of sp³-hybridized carbons (Fsp3) is 0.312. The van der Waals surface area contributed by atoms with E-state index in [9.17, 15) is 4.79 Å². The predicted molar refractivity (Wildman–Crippen MR) is 83.2 cm³/mol. The molecule has 0 aliphatic carbocycles. The molecule has 0 fully saturated rings. The highest BCUT2D eigenvalue weighted by atomic mass is 32.2. The van der Waals surface area contributed by atoms with Crippen LogP contribution < -0.4 is 4.74 Å². The molecule has 0 saturated carbocycles. The molecule has 0 saturated heterocycles. The summed E-state index contributed by atoms with van der Waals surface area (Å²) in [4.78, 5) is 12.1. The normalized spacial score (nSPS) is 10.5. The Kier molecular flexibility index (Phi) is 4.96. The fourth-order valence-electron chi connectivity index (χ4n) is 2.13. The second kappa shape index (κ2) is 6.72. The third-order valence-electron chi connectivity index (χ3n) is 3.13. The van der Waals surface area contributed by atoms with Crippen molar-refractivity contribution >= 4 is 17.7 Å². The summed E-state index contributed by atoms with van der Waals surface area (Å²) in [5.74, 6) is 0.582. The van der Waals surface area contributed by atoms with E-state index in [0.717, 1.165) is 27.5 Å². The van der Waals surface area contributed by atoms with Gasteiger partial charge in [0.1, 0.15) is 5.75 Å². The molecule has 21 heavy (non-hydrogen) atoms. The maximum absolute atomic E-state index is 12.1. The third kappa shape index (κ3) is 3.08. The zero-order chi connectivity index (χ0) is 15.4. The monoisotopic (exact) mass is 306 g/mol. The number of ether oxygens (including phenoxy) is 2. The number of esters is 1. The number of carbonyl (C=O) groups excluding carboxylic acids is 1. The molecular weight excluding hydrogens is 288 g/mol. The van der Waals surface area contributed by atoms with Gasteiger partial charge in [0.05, 0.1) is 13.7 Å². The SMILES string of the molecule is CCOC(=O)c1oc(SC)c(C)c1-c1ccc(OC)cc1. The Morgan fingerprint density at radius 2 is 1.95 bits per heavy atom. The first-order valence-electron chi connectivity index (χ1n) is 6.61. The van der Waals surface area contributed by atoms with Crippen molar-refractivity contribution in [2.45, 2.75) is 18.9 Å². The molecular formula is C16H18O4S. The lowest BCUT2D eigenvalue weighted by atomic mass is 10.0. The molecule has 1 aromatic heterocycles. The van der Waals surface area contributed by atoms with Gasteiger partial charge in [-0.05, 0) is 37.8 Å². The summed E-state index contributed by atoms with van der Waals surface area (Å²) in [5, 5.41) is 0.726. The number of methoxy groups -OCH3 is 1. The average molecular weight is 306 g/mol. The van der Waals surface area contributed by atoms with E-state index in [1.807, 2.05) is 37.4 Å². The molecule has 1 heterocycles. The lowest BCUT2D eigenvalue weighted by Gasteiger charge is -2.05. The molecule has 0 N–H and O–H groups in total. The third-order valence-corrected chi connectivity index (χ3v) is 3.89. The molecule has 112 valence electrons. The van der Waals surface area contributed by atoms with E-state index in [2.05, 4.69) is 0 Å². The van der Waals surface area contributed by atoms with Gasteiger partial charge in [-0.15, -0.1) is 0 Å². The molecule has 0 spiro atoms. The zero-order valence-electron chi connectivity index (χ0n) is 12.6. The second-order valence-electron chi connectivity index (χ2n) is 4.37. The van der Waals surface area contributed by atoms with Crippen LogP contribution >= 0.6 is 11.8 Å². The van der Waals surface area contributed by atoms with Crippen molar-refractivity contribution < 1.29 is 18.7 Å². The van der Waals surface area contributed by atoms with Crippen LogP contribution in [0.1, 0.15) is 23.0 Å². The van der Waals surface area contributed by atoms with Crippen molar-refractivity contribution in [3.63, 3.8) is 0 Å². The molecule has 5 heteroatoms. The lowest BCUT2D eigenvalue weighted by molar-refractivity contribution is 0.0485. The van der Waals surface area contributed by atoms with Crippen molar-refractivity contribution in [3.05, 3.63) is 35.6 Å². The standard InChI is InChI=1S/C16H18O4S/c1-5-19-15(17)14-13(10(2)16(20-14)21-4)11-6-8-12(18-3)9-7-11/h6-9H,5H2,1-4H3. The number of thioether (sulfide) groups is 1. The van der Waals surface area contributed by atoms with E-state index in [1.165, 1.54) is 11.8 Å². The van der Waals surface area contributed by atoms with E-state index in [0.29, 0.717) is 6.61 Å². The summed E-state index contributed by atoms with van der Waals surface area (Å²) < 4.78 is 15.9.